The monoisotopic (exact) mass is 364 g/mol. The van der Waals surface area contributed by atoms with Crippen LogP contribution in [-0.2, 0) is 9.47 Å². The van der Waals surface area contributed by atoms with Gasteiger partial charge in [-0.2, -0.15) is 18.2 Å². The molecule has 2 rings (SSSR count). The van der Waals surface area contributed by atoms with E-state index in [1.165, 1.54) is 19.2 Å². The third kappa shape index (κ3) is 5.39. The van der Waals surface area contributed by atoms with Gasteiger partial charge in [0.25, 0.3) is 6.35 Å². The number of ether oxygens (including phenoxy) is 2. The second kappa shape index (κ2) is 7.49. The fourth-order valence-electron chi connectivity index (χ4n) is 1.65. The maximum absolute atomic E-state index is 12.2. The summed E-state index contributed by atoms with van der Waals surface area (Å²) in [6, 6.07) is 6.12. The van der Waals surface area contributed by atoms with Gasteiger partial charge < -0.3 is 20.1 Å². The van der Waals surface area contributed by atoms with Crippen LogP contribution in [0.15, 0.2) is 34.3 Å². The molecule has 0 saturated heterocycles. The first-order valence-corrected chi connectivity index (χ1v) is 6.86. The lowest BCUT2D eigenvalue weighted by atomic mass is 10.2. The van der Waals surface area contributed by atoms with Crippen LogP contribution in [0.25, 0.3) is 0 Å². The molecule has 0 saturated carbocycles. The molecule has 0 aromatic heterocycles. The minimum absolute atomic E-state index is 0.0491. The number of carbonyl (C=O) groups is 1. The average molecular weight is 365 g/mol. The number of amidine groups is 1. The molecular weight excluding hydrogens is 353 g/mol. The molecule has 0 fully saturated rings. The third-order valence-electron chi connectivity index (χ3n) is 2.65. The molecule has 11 heteroatoms. The lowest BCUT2D eigenvalue weighted by molar-refractivity contribution is -0.183. The van der Waals surface area contributed by atoms with Gasteiger partial charge in [0, 0.05) is 5.69 Å². The number of aliphatic imine (C=N–C) groups is 2. The Kier molecular flexibility index (Phi) is 5.62. The highest BCUT2D eigenvalue weighted by Crippen LogP contribution is 2.17. The maximum atomic E-state index is 12.2. The average Bonchev–Trinajstić information content (AvgIpc) is 2.52. The van der Waals surface area contributed by atoms with Gasteiger partial charge in [0.1, 0.15) is 6.61 Å². The number of anilines is 1. The zero-order chi connectivity index (χ0) is 17.7. The van der Waals surface area contributed by atoms with Crippen LogP contribution in [0.4, 0.5) is 18.9 Å². The largest absolute Gasteiger partial charge is 0.465 e. The maximum Gasteiger partial charge on any atom is 0.411 e. The summed E-state index contributed by atoms with van der Waals surface area (Å²) in [6.07, 6.45) is -5.92. The number of nitrogens with zero attached hydrogens (tertiary/aromatic N) is 2. The van der Waals surface area contributed by atoms with Crippen molar-refractivity contribution < 1.29 is 27.4 Å². The number of alkyl halides is 3. The number of hydrogen-bond acceptors (Lipinski definition) is 7. The molecule has 1 aliphatic heterocycles. The van der Waals surface area contributed by atoms with E-state index >= 15 is 0 Å². The summed E-state index contributed by atoms with van der Waals surface area (Å²) >= 11 is 5.70. The molecule has 1 heterocycles. The molecule has 7 nitrogen and oxygen atoms in total. The molecule has 0 spiro atoms. The van der Waals surface area contributed by atoms with E-state index in [0.717, 1.165) is 0 Å². The van der Waals surface area contributed by atoms with E-state index in [0.29, 0.717) is 11.3 Å². The number of rotatable bonds is 4. The zero-order valence-corrected chi connectivity index (χ0v) is 13.0. The number of nitrogens with one attached hydrogen (secondary N) is 2. The van der Waals surface area contributed by atoms with E-state index < -0.39 is 25.1 Å². The van der Waals surface area contributed by atoms with E-state index in [-0.39, 0.29) is 11.3 Å². The normalized spacial score (nSPS) is 17.5. The van der Waals surface area contributed by atoms with E-state index in [1.54, 1.807) is 12.1 Å². The van der Waals surface area contributed by atoms with Crippen molar-refractivity contribution in [1.82, 2.24) is 5.32 Å². The summed E-state index contributed by atoms with van der Waals surface area (Å²) in [7, 11) is 1.26. The highest BCUT2D eigenvalue weighted by molar-refractivity contribution is 6.66. The van der Waals surface area contributed by atoms with Gasteiger partial charge >= 0.3 is 12.1 Å². The number of halogens is 4. The summed E-state index contributed by atoms with van der Waals surface area (Å²) in [5.41, 5.74) is 0.849. The van der Waals surface area contributed by atoms with Crippen molar-refractivity contribution in [3.63, 3.8) is 0 Å². The van der Waals surface area contributed by atoms with E-state index in [2.05, 4.69) is 30.1 Å². The molecule has 0 bridgehead atoms. The van der Waals surface area contributed by atoms with Crippen LogP contribution in [0.2, 0.25) is 0 Å². The Morgan fingerprint density at radius 2 is 2.00 bits per heavy atom. The molecule has 1 unspecified atom stereocenters. The van der Waals surface area contributed by atoms with E-state index in [1.807, 2.05) is 0 Å². The lowest BCUT2D eigenvalue weighted by Gasteiger charge is -2.20. The molecule has 130 valence electrons. The number of benzene rings is 1. The Bertz CT molecular complexity index is 661. The number of esters is 1. The topological polar surface area (TPSA) is 84.3 Å². The predicted molar refractivity (Wildman–Crippen MR) is 81.1 cm³/mol. The van der Waals surface area contributed by atoms with Crippen LogP contribution >= 0.6 is 11.6 Å². The van der Waals surface area contributed by atoms with Crippen molar-refractivity contribution in [2.75, 3.05) is 19.0 Å². The first-order chi connectivity index (χ1) is 11.3. The Balaban J connectivity index is 2.02. The summed E-state index contributed by atoms with van der Waals surface area (Å²) in [6.45, 7) is -1.50. The van der Waals surface area contributed by atoms with Crippen molar-refractivity contribution in [1.29, 1.82) is 0 Å². The minimum atomic E-state index is -4.50. The molecule has 0 radical (unpaired) electrons. The Morgan fingerprint density at radius 3 is 2.58 bits per heavy atom. The second-order valence-corrected chi connectivity index (χ2v) is 4.83. The SMILES string of the molecule is COC(=O)c1ccc(NC2=NC(OCC(F)(F)F)N=C(Cl)N2)cc1. The smallest absolute Gasteiger partial charge is 0.411 e. The highest BCUT2D eigenvalue weighted by Gasteiger charge is 2.30. The third-order valence-corrected chi connectivity index (χ3v) is 2.84. The van der Waals surface area contributed by atoms with Crippen LogP contribution in [0.5, 0.6) is 0 Å². The number of guanidine groups is 1. The summed E-state index contributed by atoms with van der Waals surface area (Å²) in [5.74, 6) is -0.446. The van der Waals surface area contributed by atoms with Gasteiger partial charge in [-0.05, 0) is 35.9 Å². The van der Waals surface area contributed by atoms with Crippen LogP contribution in [-0.4, -0.2) is 43.5 Å². The van der Waals surface area contributed by atoms with E-state index in [4.69, 9.17) is 11.6 Å². The van der Waals surface area contributed by atoms with Gasteiger partial charge in [0.15, 0.2) is 0 Å². The molecule has 0 amide bonds. The molecule has 24 heavy (non-hydrogen) atoms. The number of methoxy groups -OCH3 is 1. The van der Waals surface area contributed by atoms with E-state index in [9.17, 15) is 18.0 Å². The molecule has 1 atom stereocenters. The quantitative estimate of drug-likeness (QED) is 0.632. The fourth-order valence-corrected chi connectivity index (χ4v) is 1.82. The first-order valence-electron chi connectivity index (χ1n) is 6.49. The summed E-state index contributed by atoms with van der Waals surface area (Å²) in [5, 5.41) is 5.15. The van der Waals surface area contributed by atoms with Gasteiger partial charge in [0.2, 0.25) is 11.3 Å². The standard InChI is InChI=1S/C13H12ClF3N4O3/c1-23-9(22)7-2-4-8(5-3-7)18-11-19-10(14)20-12(21-11)24-6-13(15,16)17/h2-5,12H,6H2,1H3,(H2,18,19,20,21). The summed E-state index contributed by atoms with van der Waals surface area (Å²) < 4.78 is 45.6. The van der Waals surface area contributed by atoms with Gasteiger partial charge in [-0.15, -0.1) is 0 Å². The van der Waals surface area contributed by atoms with Crippen molar-refractivity contribution in [2.45, 2.75) is 12.5 Å². The lowest BCUT2D eigenvalue weighted by Crippen LogP contribution is -2.39. The zero-order valence-electron chi connectivity index (χ0n) is 12.2. The second-order valence-electron chi connectivity index (χ2n) is 4.47. The fraction of sp³-hybridized carbons (Fsp3) is 0.308. The van der Waals surface area contributed by atoms with Crippen LogP contribution in [0.1, 0.15) is 10.4 Å². The van der Waals surface area contributed by atoms with Crippen molar-refractivity contribution >= 4 is 34.5 Å². The Hall–Kier alpha value is -2.33. The molecule has 1 aromatic carbocycles. The molecule has 1 aliphatic rings. The van der Waals surface area contributed by atoms with Gasteiger partial charge in [0.05, 0.1) is 12.7 Å². The molecule has 2 N–H and O–H groups in total. The highest BCUT2D eigenvalue weighted by atomic mass is 35.5. The van der Waals surface area contributed by atoms with Crippen LogP contribution in [0.3, 0.4) is 0 Å². The minimum Gasteiger partial charge on any atom is -0.465 e. The molecule has 0 aliphatic carbocycles. The summed E-state index contributed by atoms with van der Waals surface area (Å²) in [4.78, 5) is 18.7. The van der Waals surface area contributed by atoms with Crippen molar-refractivity contribution in [2.24, 2.45) is 9.98 Å². The Morgan fingerprint density at radius 1 is 1.33 bits per heavy atom. The molecular formula is C13H12ClF3N4O3. The van der Waals surface area contributed by atoms with Gasteiger partial charge in [-0.3, -0.25) is 0 Å². The van der Waals surface area contributed by atoms with Crippen molar-refractivity contribution in [3.8, 4) is 0 Å². The van der Waals surface area contributed by atoms with Gasteiger partial charge in [-0.25, -0.2) is 9.79 Å². The van der Waals surface area contributed by atoms with Gasteiger partial charge in [-0.1, -0.05) is 0 Å². The molecule has 1 aromatic rings. The first kappa shape index (κ1) is 18.0. The predicted octanol–water partition coefficient (Wildman–Crippen LogP) is 2.30. The number of hydrogen-bond donors (Lipinski definition) is 2. The van der Waals surface area contributed by atoms with Crippen LogP contribution in [0, 0.1) is 0 Å². The number of carbonyl (C=O) groups excluding carboxylic acids is 1. The van der Waals surface area contributed by atoms with Crippen molar-refractivity contribution in [3.05, 3.63) is 29.8 Å². The Labute approximate surface area is 139 Å². The van der Waals surface area contributed by atoms with Crippen LogP contribution < -0.4 is 10.6 Å².